The number of halogens is 5. The van der Waals surface area contributed by atoms with Crippen LogP contribution in [0, 0.1) is 17.3 Å². The number of fused-ring (bicyclic) bond motifs is 4. The van der Waals surface area contributed by atoms with Gasteiger partial charge in [0, 0.05) is 55.1 Å². The number of benzene rings is 2. The van der Waals surface area contributed by atoms with Crippen LogP contribution < -0.4 is 0 Å². The summed E-state index contributed by atoms with van der Waals surface area (Å²) in [5.41, 5.74) is -0.509. The van der Waals surface area contributed by atoms with E-state index < -0.39 is 41.4 Å². The molecule has 49 heavy (non-hydrogen) atoms. The summed E-state index contributed by atoms with van der Waals surface area (Å²) in [5.74, 6) is -7.10. The van der Waals surface area contributed by atoms with Gasteiger partial charge in [-0.25, -0.2) is 0 Å². The smallest absolute Gasteiger partial charge is 0.383 e. The fourth-order valence-electron chi connectivity index (χ4n) is 9.63. The van der Waals surface area contributed by atoms with Crippen LogP contribution in [0.25, 0.3) is 0 Å². The molecular formula is C38H39F5N2O4. The first kappa shape index (κ1) is 33.6. The van der Waals surface area contributed by atoms with Crippen molar-refractivity contribution in [3.05, 3.63) is 94.1 Å². The normalized spacial score (nSPS) is 30.4. The van der Waals surface area contributed by atoms with E-state index in [1.165, 1.54) is 6.92 Å². The minimum atomic E-state index is -5.91. The molecule has 6 nitrogen and oxygen atoms in total. The number of hydrogen-bond donors (Lipinski definition) is 1. The van der Waals surface area contributed by atoms with E-state index in [1.54, 1.807) is 64.4 Å². The molecule has 0 spiro atoms. The van der Waals surface area contributed by atoms with Crippen molar-refractivity contribution in [2.45, 2.75) is 75.5 Å². The first-order chi connectivity index (χ1) is 23.2. The van der Waals surface area contributed by atoms with Crippen molar-refractivity contribution in [3.8, 4) is 0 Å². The highest BCUT2D eigenvalue weighted by Crippen LogP contribution is 2.70. The number of alkyl halides is 5. The Morgan fingerprint density at radius 2 is 1.41 bits per heavy atom. The quantitative estimate of drug-likeness (QED) is 0.349. The van der Waals surface area contributed by atoms with E-state index in [2.05, 4.69) is 0 Å². The molecule has 0 radical (unpaired) electrons. The summed E-state index contributed by atoms with van der Waals surface area (Å²) in [6.45, 7) is 2.84. The zero-order chi connectivity index (χ0) is 34.9. The van der Waals surface area contributed by atoms with Gasteiger partial charge in [0.15, 0.2) is 5.78 Å². The molecule has 2 saturated carbocycles. The second-order valence-electron chi connectivity index (χ2n) is 14.5. The fraction of sp³-hybridized carbons (Fsp3) is 0.500. The predicted octanol–water partition coefficient (Wildman–Crippen LogP) is 7.11. The molecule has 4 aliphatic carbocycles. The molecule has 1 N–H and O–H groups in total. The topological polar surface area (TPSA) is 77.9 Å². The minimum absolute atomic E-state index is 0.0168. The molecule has 1 heterocycles. The van der Waals surface area contributed by atoms with Crippen LogP contribution in [-0.4, -0.2) is 76.4 Å². The summed E-state index contributed by atoms with van der Waals surface area (Å²) in [7, 11) is 0. The molecule has 0 aromatic heterocycles. The molecule has 5 atom stereocenters. The number of ketones is 1. The van der Waals surface area contributed by atoms with Crippen molar-refractivity contribution >= 4 is 17.6 Å². The zero-order valence-corrected chi connectivity index (χ0v) is 27.2. The van der Waals surface area contributed by atoms with Crippen LogP contribution >= 0.6 is 0 Å². The van der Waals surface area contributed by atoms with Gasteiger partial charge in [-0.2, -0.15) is 22.0 Å². The van der Waals surface area contributed by atoms with Gasteiger partial charge in [0.2, 0.25) is 0 Å². The van der Waals surface area contributed by atoms with E-state index in [9.17, 15) is 32.7 Å². The second-order valence-corrected chi connectivity index (χ2v) is 14.5. The number of piperazine rings is 1. The van der Waals surface area contributed by atoms with Crippen molar-refractivity contribution in [1.29, 1.82) is 0 Å². The lowest BCUT2D eigenvalue weighted by Crippen LogP contribution is -2.65. The number of nitrogens with zero attached hydrogens (tertiary/aromatic N) is 2. The lowest BCUT2D eigenvalue weighted by atomic mass is 9.50. The number of aliphatic hydroxyl groups is 1. The number of carbonyl (C=O) groups is 3. The van der Waals surface area contributed by atoms with Gasteiger partial charge in [0.05, 0.1) is 0 Å². The molecule has 1 saturated heterocycles. The highest BCUT2D eigenvalue weighted by atomic mass is 19.4. The van der Waals surface area contributed by atoms with Gasteiger partial charge in [-0.05, 0) is 97.4 Å². The average Bonchev–Trinajstić information content (AvgIpc) is 3.38. The summed E-state index contributed by atoms with van der Waals surface area (Å²) in [6, 6.07) is 15.7. The van der Waals surface area contributed by atoms with E-state index in [0.717, 1.165) is 16.7 Å². The summed E-state index contributed by atoms with van der Waals surface area (Å²) < 4.78 is 72.2. The van der Waals surface area contributed by atoms with Gasteiger partial charge in [-0.15, -0.1) is 0 Å². The summed E-state index contributed by atoms with van der Waals surface area (Å²) in [4.78, 5) is 42.1. The fourth-order valence-corrected chi connectivity index (χ4v) is 9.63. The van der Waals surface area contributed by atoms with E-state index in [1.807, 2.05) is 6.07 Å². The highest BCUT2D eigenvalue weighted by Gasteiger charge is 2.79. The van der Waals surface area contributed by atoms with Gasteiger partial charge >= 0.3 is 12.1 Å². The SMILES string of the molecule is CC12C[C@H](c3ccc(C(=O)N4CCN(C(=O)c5ccccc5)CC4)cc3)C3=C4CCC(=O)C=C4CCC3[C@@H]1CC[C@@]2(O)C(F)(F)C(F)(F)F. The van der Waals surface area contributed by atoms with Crippen LogP contribution in [0.15, 0.2) is 77.4 Å². The maximum atomic E-state index is 15.3. The van der Waals surface area contributed by atoms with Crippen LogP contribution in [0.5, 0.6) is 0 Å². The van der Waals surface area contributed by atoms with Crippen LogP contribution in [0.2, 0.25) is 0 Å². The summed E-state index contributed by atoms with van der Waals surface area (Å²) in [6.07, 6.45) is -3.20. The standard InChI is InChI=1S/C38H39F5N2O4/c1-35-22-30(23-7-9-25(10-8-23)34(48)45-19-17-44(18-20-45)33(47)24-5-3-2-4-6-24)32-28-14-12-27(46)21-26(28)11-13-29(32)31(35)15-16-36(35,49)37(39,40)38(41,42)43/h2-10,21,29-31,49H,11-20,22H2,1H3/t29?,30-,31+,35?,36+/m1/s1. The van der Waals surface area contributed by atoms with Gasteiger partial charge in [-0.3, -0.25) is 14.4 Å². The maximum Gasteiger partial charge on any atom is 0.456 e. The van der Waals surface area contributed by atoms with Gasteiger partial charge in [-0.1, -0.05) is 42.8 Å². The molecule has 2 unspecified atom stereocenters. The molecule has 11 heteroatoms. The van der Waals surface area contributed by atoms with Gasteiger partial charge in [0.1, 0.15) is 5.60 Å². The van der Waals surface area contributed by atoms with E-state index in [-0.39, 0.29) is 36.4 Å². The molecule has 0 bridgehead atoms. The molecule has 7 rings (SSSR count). The average molecular weight is 683 g/mol. The van der Waals surface area contributed by atoms with E-state index in [4.69, 9.17) is 0 Å². The lowest BCUT2D eigenvalue weighted by Gasteiger charge is -2.56. The Hall–Kier alpha value is -3.86. The van der Waals surface area contributed by atoms with Crippen molar-refractivity contribution in [2.75, 3.05) is 26.2 Å². The van der Waals surface area contributed by atoms with Crippen LogP contribution in [0.3, 0.4) is 0 Å². The van der Waals surface area contributed by atoms with Crippen molar-refractivity contribution < 1.29 is 41.4 Å². The molecule has 2 amide bonds. The third-order valence-electron chi connectivity index (χ3n) is 12.2. The number of hydrogen-bond acceptors (Lipinski definition) is 4. The van der Waals surface area contributed by atoms with E-state index >= 15 is 8.78 Å². The highest BCUT2D eigenvalue weighted by molar-refractivity contribution is 5.96. The molecular weight excluding hydrogens is 643 g/mol. The monoisotopic (exact) mass is 682 g/mol. The lowest BCUT2D eigenvalue weighted by molar-refractivity contribution is -0.362. The molecule has 260 valence electrons. The summed E-state index contributed by atoms with van der Waals surface area (Å²) in [5, 5.41) is 11.5. The molecule has 2 aromatic rings. The summed E-state index contributed by atoms with van der Waals surface area (Å²) >= 11 is 0. The molecule has 3 fully saturated rings. The molecule has 2 aromatic carbocycles. The Labute approximate surface area is 281 Å². The number of carbonyl (C=O) groups excluding carboxylic acids is 3. The molecule has 5 aliphatic rings. The predicted molar refractivity (Wildman–Crippen MR) is 171 cm³/mol. The Morgan fingerprint density at radius 1 is 0.816 bits per heavy atom. The Morgan fingerprint density at radius 3 is 2.00 bits per heavy atom. The van der Waals surface area contributed by atoms with Crippen molar-refractivity contribution in [1.82, 2.24) is 9.80 Å². The zero-order valence-electron chi connectivity index (χ0n) is 27.2. The van der Waals surface area contributed by atoms with Gasteiger partial charge in [0.25, 0.3) is 11.8 Å². The first-order valence-electron chi connectivity index (χ1n) is 17.0. The van der Waals surface area contributed by atoms with Crippen molar-refractivity contribution in [3.63, 3.8) is 0 Å². The number of allylic oxidation sites excluding steroid dienone is 4. The van der Waals surface area contributed by atoms with E-state index in [0.29, 0.717) is 68.6 Å². The third-order valence-corrected chi connectivity index (χ3v) is 12.2. The van der Waals surface area contributed by atoms with Crippen LogP contribution in [0.4, 0.5) is 22.0 Å². The Kier molecular flexibility index (Phi) is 8.16. The van der Waals surface area contributed by atoms with Gasteiger partial charge < -0.3 is 14.9 Å². The molecule has 1 aliphatic heterocycles. The first-order valence-corrected chi connectivity index (χ1v) is 17.0. The van der Waals surface area contributed by atoms with Crippen LogP contribution in [0.1, 0.15) is 84.1 Å². The Balaban J connectivity index is 1.18. The largest absolute Gasteiger partial charge is 0.456 e. The third kappa shape index (κ3) is 5.25. The van der Waals surface area contributed by atoms with Crippen LogP contribution in [-0.2, 0) is 4.79 Å². The number of amides is 2. The Bertz CT molecular complexity index is 1730. The van der Waals surface area contributed by atoms with Crippen molar-refractivity contribution in [2.24, 2.45) is 17.3 Å². The number of rotatable bonds is 4. The minimum Gasteiger partial charge on any atom is -0.383 e. The maximum absolute atomic E-state index is 15.3. The second kappa shape index (κ2) is 11.9.